The van der Waals surface area contributed by atoms with Gasteiger partial charge in [-0.2, -0.15) is 0 Å². The van der Waals surface area contributed by atoms with Gasteiger partial charge in [-0.05, 0) is 25.0 Å². The number of hydrogen-bond donors (Lipinski definition) is 0. The molecule has 0 aliphatic heterocycles. The van der Waals surface area contributed by atoms with E-state index in [-0.39, 0.29) is 18.3 Å². The predicted molar refractivity (Wildman–Crippen MR) is 76.2 cm³/mol. The Hall–Kier alpha value is -1.91. The number of carbonyl (C=O) groups is 2. The van der Waals surface area contributed by atoms with Crippen LogP contribution in [0.1, 0.15) is 37.6 Å². The third-order valence-electron chi connectivity index (χ3n) is 2.67. The van der Waals surface area contributed by atoms with Crippen LogP contribution >= 0.6 is 0 Å². The molecule has 0 unspecified atom stereocenters. The van der Waals surface area contributed by atoms with Crippen LogP contribution in [0.3, 0.4) is 0 Å². The molecule has 20 heavy (non-hydrogen) atoms. The molecule has 1 rings (SSSR count). The first-order chi connectivity index (χ1) is 9.54. The maximum Gasteiger partial charge on any atom is 0.307 e. The Bertz CT molecular complexity index is 432. The second-order valence-electron chi connectivity index (χ2n) is 4.94. The molecule has 0 radical (unpaired) electrons. The molecular weight excluding hydrogens is 256 g/mol. The zero-order chi connectivity index (χ0) is 15.0. The Labute approximate surface area is 119 Å². The van der Waals surface area contributed by atoms with Gasteiger partial charge in [0.25, 0.3) is 5.91 Å². The number of rotatable bonds is 7. The Morgan fingerprint density at radius 1 is 1.40 bits per heavy atom. The van der Waals surface area contributed by atoms with Crippen molar-refractivity contribution in [3.05, 3.63) is 30.1 Å². The summed E-state index contributed by atoms with van der Waals surface area (Å²) in [5, 5.41) is 0. The van der Waals surface area contributed by atoms with E-state index >= 15 is 0 Å². The van der Waals surface area contributed by atoms with Crippen molar-refractivity contribution in [2.75, 3.05) is 19.7 Å². The van der Waals surface area contributed by atoms with E-state index in [0.717, 1.165) is 0 Å². The number of pyridine rings is 1. The number of esters is 1. The molecule has 0 aromatic carbocycles. The van der Waals surface area contributed by atoms with E-state index in [1.807, 2.05) is 13.8 Å². The first-order valence-corrected chi connectivity index (χ1v) is 6.89. The van der Waals surface area contributed by atoms with Crippen LogP contribution in [0, 0.1) is 5.92 Å². The van der Waals surface area contributed by atoms with E-state index in [0.29, 0.717) is 31.2 Å². The SMILES string of the molecule is CCOC(=O)CCN(CC(C)C)C(=O)c1cccnc1. The zero-order valence-corrected chi connectivity index (χ0v) is 12.3. The predicted octanol–water partition coefficient (Wildman–Crippen LogP) is 2.13. The van der Waals surface area contributed by atoms with Gasteiger partial charge in [-0.1, -0.05) is 13.8 Å². The average Bonchev–Trinajstić information content (AvgIpc) is 2.43. The van der Waals surface area contributed by atoms with Crippen molar-refractivity contribution < 1.29 is 14.3 Å². The number of nitrogens with zero attached hydrogens (tertiary/aromatic N) is 2. The molecule has 1 aromatic rings. The lowest BCUT2D eigenvalue weighted by Gasteiger charge is -2.24. The maximum absolute atomic E-state index is 12.4. The molecule has 0 N–H and O–H groups in total. The minimum Gasteiger partial charge on any atom is -0.466 e. The smallest absolute Gasteiger partial charge is 0.307 e. The topological polar surface area (TPSA) is 59.5 Å². The van der Waals surface area contributed by atoms with Crippen LogP contribution in [-0.4, -0.2) is 41.5 Å². The lowest BCUT2D eigenvalue weighted by molar-refractivity contribution is -0.143. The summed E-state index contributed by atoms with van der Waals surface area (Å²) in [7, 11) is 0. The van der Waals surface area contributed by atoms with Crippen LogP contribution in [-0.2, 0) is 9.53 Å². The van der Waals surface area contributed by atoms with Gasteiger partial charge in [0.2, 0.25) is 0 Å². The van der Waals surface area contributed by atoms with E-state index in [4.69, 9.17) is 4.74 Å². The van der Waals surface area contributed by atoms with Gasteiger partial charge < -0.3 is 9.64 Å². The summed E-state index contributed by atoms with van der Waals surface area (Å²) in [5.74, 6) is -0.0471. The van der Waals surface area contributed by atoms with E-state index in [1.54, 1.807) is 36.4 Å². The second-order valence-corrected chi connectivity index (χ2v) is 4.94. The van der Waals surface area contributed by atoms with E-state index in [2.05, 4.69) is 4.98 Å². The van der Waals surface area contributed by atoms with Crippen molar-refractivity contribution in [3.8, 4) is 0 Å². The minimum absolute atomic E-state index is 0.101. The van der Waals surface area contributed by atoms with E-state index in [1.165, 1.54) is 0 Å². The van der Waals surface area contributed by atoms with Gasteiger partial charge in [-0.25, -0.2) is 0 Å². The Balaban J connectivity index is 2.69. The molecule has 5 nitrogen and oxygen atoms in total. The highest BCUT2D eigenvalue weighted by molar-refractivity contribution is 5.94. The van der Waals surface area contributed by atoms with Gasteiger partial charge in [-0.3, -0.25) is 14.6 Å². The van der Waals surface area contributed by atoms with Crippen molar-refractivity contribution in [1.82, 2.24) is 9.88 Å². The highest BCUT2D eigenvalue weighted by Gasteiger charge is 2.18. The van der Waals surface area contributed by atoms with Gasteiger partial charge in [0, 0.05) is 25.5 Å². The van der Waals surface area contributed by atoms with Crippen molar-refractivity contribution in [2.45, 2.75) is 27.2 Å². The molecule has 1 heterocycles. The molecule has 1 amide bonds. The minimum atomic E-state index is -0.278. The fourth-order valence-corrected chi connectivity index (χ4v) is 1.85. The molecule has 0 fully saturated rings. The van der Waals surface area contributed by atoms with Crippen molar-refractivity contribution in [3.63, 3.8) is 0 Å². The Morgan fingerprint density at radius 3 is 2.70 bits per heavy atom. The van der Waals surface area contributed by atoms with Crippen molar-refractivity contribution >= 4 is 11.9 Å². The first-order valence-electron chi connectivity index (χ1n) is 6.89. The van der Waals surface area contributed by atoms with E-state index < -0.39 is 0 Å². The summed E-state index contributed by atoms with van der Waals surface area (Å²) in [4.78, 5) is 29.4. The van der Waals surface area contributed by atoms with Crippen LogP contribution in [0.25, 0.3) is 0 Å². The molecule has 1 aromatic heterocycles. The number of carbonyl (C=O) groups excluding carboxylic acids is 2. The molecule has 0 bridgehead atoms. The number of hydrogen-bond acceptors (Lipinski definition) is 4. The van der Waals surface area contributed by atoms with Gasteiger partial charge in [0.15, 0.2) is 0 Å². The Morgan fingerprint density at radius 2 is 2.15 bits per heavy atom. The van der Waals surface area contributed by atoms with Crippen molar-refractivity contribution in [1.29, 1.82) is 0 Å². The van der Waals surface area contributed by atoms with Crippen LogP contribution in [0.15, 0.2) is 24.5 Å². The molecule has 110 valence electrons. The van der Waals surface area contributed by atoms with Gasteiger partial charge >= 0.3 is 5.97 Å². The normalized spacial score (nSPS) is 10.4. The van der Waals surface area contributed by atoms with Gasteiger partial charge in [-0.15, -0.1) is 0 Å². The quantitative estimate of drug-likeness (QED) is 0.717. The van der Waals surface area contributed by atoms with Gasteiger partial charge in [0.1, 0.15) is 0 Å². The van der Waals surface area contributed by atoms with Crippen LogP contribution in [0.4, 0.5) is 0 Å². The third-order valence-corrected chi connectivity index (χ3v) is 2.67. The highest BCUT2D eigenvalue weighted by Crippen LogP contribution is 2.08. The monoisotopic (exact) mass is 278 g/mol. The van der Waals surface area contributed by atoms with Crippen molar-refractivity contribution in [2.24, 2.45) is 5.92 Å². The summed E-state index contributed by atoms with van der Waals surface area (Å²) in [6.07, 6.45) is 3.38. The van der Waals surface area contributed by atoms with E-state index in [9.17, 15) is 9.59 Å². The maximum atomic E-state index is 12.4. The fourth-order valence-electron chi connectivity index (χ4n) is 1.85. The van der Waals surface area contributed by atoms with Crippen LogP contribution in [0.2, 0.25) is 0 Å². The summed E-state index contributed by atoms with van der Waals surface area (Å²) >= 11 is 0. The zero-order valence-electron chi connectivity index (χ0n) is 12.3. The summed E-state index contributed by atoms with van der Waals surface area (Å²) < 4.78 is 4.89. The average molecular weight is 278 g/mol. The molecule has 0 atom stereocenters. The summed E-state index contributed by atoms with van der Waals surface area (Å²) in [6.45, 7) is 7.17. The summed E-state index contributed by atoms with van der Waals surface area (Å²) in [6, 6.07) is 3.46. The lowest BCUT2D eigenvalue weighted by atomic mass is 10.1. The molecule has 5 heteroatoms. The molecule has 0 saturated carbocycles. The largest absolute Gasteiger partial charge is 0.466 e. The number of amides is 1. The molecule has 0 spiro atoms. The molecule has 0 aliphatic rings. The number of ether oxygens (including phenoxy) is 1. The molecule has 0 saturated heterocycles. The molecular formula is C15H22N2O3. The third kappa shape index (κ3) is 5.38. The highest BCUT2D eigenvalue weighted by atomic mass is 16.5. The second kappa shape index (κ2) is 8.30. The van der Waals surface area contributed by atoms with Crippen LogP contribution in [0.5, 0.6) is 0 Å². The van der Waals surface area contributed by atoms with Crippen LogP contribution < -0.4 is 0 Å². The standard InChI is InChI=1S/C15H22N2O3/c1-4-20-14(18)7-9-17(11-12(2)3)15(19)13-6-5-8-16-10-13/h5-6,8,10,12H,4,7,9,11H2,1-3H3. The first kappa shape index (κ1) is 16.1. The Kier molecular flexibility index (Phi) is 6.70. The summed E-state index contributed by atoms with van der Waals surface area (Å²) in [5.41, 5.74) is 0.539. The lowest BCUT2D eigenvalue weighted by Crippen LogP contribution is -2.36. The molecule has 0 aliphatic carbocycles. The number of aromatic nitrogens is 1. The van der Waals surface area contributed by atoms with Gasteiger partial charge in [0.05, 0.1) is 18.6 Å². The fraction of sp³-hybridized carbons (Fsp3) is 0.533.